The van der Waals surface area contributed by atoms with Crippen molar-refractivity contribution in [3.8, 4) is 0 Å². The third-order valence-electron chi connectivity index (χ3n) is 2.52. The molecule has 1 rings (SSSR count). The van der Waals surface area contributed by atoms with Crippen molar-refractivity contribution < 1.29 is 14.5 Å². The molecule has 1 aromatic rings. The standard InChI is InChI=1S/C11H16N6O4/c1-7(6-21-8(2)18)16(13)11(15-12)9-4-3-5-10(14-9)17(19)20/h3-5,7H,6,12-13H2,1-2H3/b15-11-. The Labute approximate surface area is 120 Å². The monoisotopic (exact) mass is 296 g/mol. The first kappa shape index (κ1) is 16.3. The van der Waals surface area contributed by atoms with Crippen molar-refractivity contribution in [1.29, 1.82) is 0 Å². The summed E-state index contributed by atoms with van der Waals surface area (Å²) in [6.07, 6.45) is 0. The summed E-state index contributed by atoms with van der Waals surface area (Å²) >= 11 is 0. The van der Waals surface area contributed by atoms with Gasteiger partial charge in [-0.15, -0.1) is 0 Å². The van der Waals surface area contributed by atoms with Crippen LogP contribution in [0.4, 0.5) is 5.82 Å². The van der Waals surface area contributed by atoms with Crippen molar-refractivity contribution in [3.63, 3.8) is 0 Å². The lowest BCUT2D eigenvalue weighted by Crippen LogP contribution is -2.47. The summed E-state index contributed by atoms with van der Waals surface area (Å²) in [5.74, 6) is 10.4. The zero-order valence-electron chi connectivity index (χ0n) is 11.6. The van der Waals surface area contributed by atoms with E-state index in [-0.39, 0.29) is 24.0 Å². The molecule has 1 unspecified atom stereocenters. The van der Waals surface area contributed by atoms with Crippen molar-refractivity contribution in [2.75, 3.05) is 6.61 Å². The van der Waals surface area contributed by atoms with Crippen molar-refractivity contribution in [2.45, 2.75) is 19.9 Å². The van der Waals surface area contributed by atoms with Crippen LogP contribution < -0.4 is 11.7 Å². The highest BCUT2D eigenvalue weighted by Crippen LogP contribution is 2.10. The third kappa shape index (κ3) is 4.38. The number of aromatic nitrogens is 1. The van der Waals surface area contributed by atoms with Crippen LogP contribution >= 0.6 is 0 Å². The van der Waals surface area contributed by atoms with Crippen LogP contribution in [0.1, 0.15) is 19.5 Å². The SMILES string of the molecule is CC(=O)OCC(C)N(N)/C(=N\N)c1cccc([N+](=O)[O-])n1. The maximum Gasteiger partial charge on any atom is 0.364 e. The number of rotatable bonds is 5. The van der Waals surface area contributed by atoms with Gasteiger partial charge in [-0.25, -0.2) is 5.84 Å². The van der Waals surface area contributed by atoms with Crippen LogP contribution in [0.2, 0.25) is 0 Å². The summed E-state index contributed by atoms with van der Waals surface area (Å²) in [6.45, 7) is 2.96. The Hall–Kier alpha value is -2.75. The summed E-state index contributed by atoms with van der Waals surface area (Å²) < 4.78 is 4.83. The van der Waals surface area contributed by atoms with E-state index in [2.05, 4.69) is 10.1 Å². The molecule has 0 aliphatic rings. The Bertz CT molecular complexity index is 561. The fourth-order valence-corrected chi connectivity index (χ4v) is 1.44. The molecule has 21 heavy (non-hydrogen) atoms. The van der Waals surface area contributed by atoms with Gasteiger partial charge in [0.05, 0.1) is 6.04 Å². The highest BCUT2D eigenvalue weighted by atomic mass is 16.6. The quantitative estimate of drug-likeness (QED) is 0.188. The molecular weight excluding hydrogens is 280 g/mol. The van der Waals surface area contributed by atoms with E-state index >= 15 is 0 Å². The molecular formula is C11H16N6O4. The van der Waals surface area contributed by atoms with E-state index in [1.54, 1.807) is 6.92 Å². The van der Waals surface area contributed by atoms with Gasteiger partial charge in [0, 0.05) is 13.0 Å². The number of esters is 1. The maximum absolute atomic E-state index is 10.8. The molecule has 10 heteroatoms. The normalized spacial score (nSPS) is 12.6. The van der Waals surface area contributed by atoms with Gasteiger partial charge in [-0.3, -0.25) is 9.80 Å². The molecule has 0 aromatic carbocycles. The van der Waals surface area contributed by atoms with Gasteiger partial charge < -0.3 is 20.7 Å². The van der Waals surface area contributed by atoms with E-state index in [0.29, 0.717) is 0 Å². The van der Waals surface area contributed by atoms with Crippen LogP contribution in [0.5, 0.6) is 0 Å². The fourth-order valence-electron chi connectivity index (χ4n) is 1.44. The predicted molar refractivity (Wildman–Crippen MR) is 73.7 cm³/mol. The Morgan fingerprint density at radius 1 is 1.62 bits per heavy atom. The molecule has 0 bridgehead atoms. The number of carbonyl (C=O) groups excluding carboxylic acids is 1. The minimum Gasteiger partial charge on any atom is -0.464 e. The zero-order valence-corrected chi connectivity index (χ0v) is 11.6. The average molecular weight is 296 g/mol. The first-order valence-corrected chi connectivity index (χ1v) is 5.93. The molecule has 0 fully saturated rings. The summed E-state index contributed by atoms with van der Waals surface area (Å²) in [6, 6.07) is 3.71. The van der Waals surface area contributed by atoms with Crippen molar-refractivity contribution in [1.82, 2.24) is 9.99 Å². The van der Waals surface area contributed by atoms with Crippen molar-refractivity contribution in [2.24, 2.45) is 16.8 Å². The average Bonchev–Trinajstić information content (AvgIpc) is 2.45. The lowest BCUT2D eigenvalue weighted by Gasteiger charge is -2.24. The Kier molecular flexibility index (Phi) is 5.55. The number of nitrogens with zero attached hydrogens (tertiary/aromatic N) is 4. The molecule has 10 nitrogen and oxygen atoms in total. The number of ether oxygens (including phenoxy) is 1. The minimum atomic E-state index is -0.638. The van der Waals surface area contributed by atoms with E-state index in [1.807, 2.05) is 0 Å². The Balaban J connectivity index is 2.94. The highest BCUT2D eigenvalue weighted by molar-refractivity contribution is 5.96. The minimum absolute atomic E-state index is 0.0137. The third-order valence-corrected chi connectivity index (χ3v) is 2.52. The van der Waals surface area contributed by atoms with Gasteiger partial charge in [-0.05, 0) is 29.0 Å². The number of pyridine rings is 1. The molecule has 0 aliphatic heterocycles. The molecule has 1 atom stereocenters. The molecule has 114 valence electrons. The lowest BCUT2D eigenvalue weighted by atomic mass is 10.2. The molecule has 4 N–H and O–H groups in total. The Morgan fingerprint density at radius 3 is 2.81 bits per heavy atom. The van der Waals surface area contributed by atoms with Crippen LogP contribution in [-0.2, 0) is 9.53 Å². The van der Waals surface area contributed by atoms with Gasteiger partial charge in [0.1, 0.15) is 6.61 Å². The number of hydrogen-bond acceptors (Lipinski definition) is 8. The van der Waals surface area contributed by atoms with Crippen LogP contribution in [0.15, 0.2) is 23.3 Å². The number of nitrogens with two attached hydrogens (primary N) is 2. The number of hydrogen-bond donors (Lipinski definition) is 2. The largest absolute Gasteiger partial charge is 0.464 e. The van der Waals surface area contributed by atoms with E-state index in [0.717, 1.165) is 5.01 Å². The second-order valence-electron chi connectivity index (χ2n) is 4.15. The van der Waals surface area contributed by atoms with E-state index < -0.39 is 16.9 Å². The van der Waals surface area contributed by atoms with Gasteiger partial charge >= 0.3 is 11.8 Å². The molecule has 1 heterocycles. The smallest absolute Gasteiger partial charge is 0.364 e. The first-order valence-electron chi connectivity index (χ1n) is 5.93. The van der Waals surface area contributed by atoms with E-state index in [4.69, 9.17) is 16.4 Å². The van der Waals surface area contributed by atoms with Crippen LogP contribution in [0.3, 0.4) is 0 Å². The predicted octanol–water partition coefficient (Wildman–Crippen LogP) is -0.263. The van der Waals surface area contributed by atoms with Crippen LogP contribution in [-0.4, -0.2) is 39.4 Å². The van der Waals surface area contributed by atoms with Crippen molar-refractivity contribution in [3.05, 3.63) is 34.0 Å². The fraction of sp³-hybridized carbons (Fsp3) is 0.364. The molecule has 0 amide bonds. The number of hydrazone groups is 1. The number of nitro groups is 1. The van der Waals surface area contributed by atoms with Gasteiger partial charge in [-0.2, -0.15) is 5.10 Å². The molecule has 0 radical (unpaired) electrons. The van der Waals surface area contributed by atoms with E-state index in [1.165, 1.54) is 25.1 Å². The number of carbonyl (C=O) groups is 1. The van der Waals surface area contributed by atoms with Crippen LogP contribution in [0, 0.1) is 10.1 Å². The molecule has 0 aliphatic carbocycles. The summed E-state index contributed by atoms with van der Waals surface area (Å²) in [7, 11) is 0. The molecule has 1 aromatic heterocycles. The topological polar surface area (TPSA) is 150 Å². The second-order valence-corrected chi connectivity index (χ2v) is 4.15. The van der Waals surface area contributed by atoms with E-state index in [9.17, 15) is 14.9 Å². The lowest BCUT2D eigenvalue weighted by molar-refractivity contribution is -0.389. The molecule has 0 spiro atoms. The molecule has 0 saturated carbocycles. The number of hydrazine groups is 1. The molecule has 0 saturated heterocycles. The number of amidine groups is 1. The van der Waals surface area contributed by atoms with Crippen molar-refractivity contribution >= 4 is 17.6 Å². The van der Waals surface area contributed by atoms with Gasteiger partial charge in [0.2, 0.25) is 11.5 Å². The maximum atomic E-state index is 10.8. The Morgan fingerprint density at radius 2 is 2.29 bits per heavy atom. The zero-order chi connectivity index (χ0) is 16.0. The van der Waals surface area contributed by atoms with Gasteiger partial charge in [0.25, 0.3) is 0 Å². The van der Waals surface area contributed by atoms with Gasteiger partial charge in [-0.1, -0.05) is 0 Å². The van der Waals surface area contributed by atoms with Crippen LogP contribution in [0.25, 0.3) is 0 Å². The highest BCUT2D eigenvalue weighted by Gasteiger charge is 2.23. The second kappa shape index (κ2) is 7.14. The summed E-state index contributed by atoms with van der Waals surface area (Å²) in [5, 5.41) is 15.3. The summed E-state index contributed by atoms with van der Waals surface area (Å²) in [4.78, 5) is 24.7. The summed E-state index contributed by atoms with van der Waals surface area (Å²) in [5.41, 5.74) is 0.142. The van der Waals surface area contributed by atoms with Gasteiger partial charge in [0.15, 0.2) is 0 Å². The first-order chi connectivity index (χ1) is 9.86.